The lowest BCUT2D eigenvalue weighted by Crippen LogP contribution is -2.03. The summed E-state index contributed by atoms with van der Waals surface area (Å²) in [6, 6.07) is 3.83. The summed E-state index contributed by atoms with van der Waals surface area (Å²) in [6.07, 6.45) is 0. The first-order valence-corrected chi connectivity index (χ1v) is 6.18. The van der Waals surface area contributed by atoms with Gasteiger partial charge in [0.2, 0.25) is 0 Å². The molecule has 1 atom stereocenters. The number of aromatic nitrogens is 2. The Balaban J connectivity index is 2.51. The average Bonchev–Trinajstić information content (AvgIpc) is 2.78. The fourth-order valence-corrected chi connectivity index (χ4v) is 1.89. The van der Waals surface area contributed by atoms with Gasteiger partial charge in [-0.25, -0.2) is 4.98 Å². The number of aromatic amines is 1. The monoisotopic (exact) mass is 248 g/mol. The Bertz CT molecular complexity index is 505. The average molecular weight is 248 g/mol. The summed E-state index contributed by atoms with van der Waals surface area (Å²) in [4.78, 5) is 7.98. The summed E-state index contributed by atoms with van der Waals surface area (Å²) in [5.74, 6) is 3.39. The minimum atomic E-state index is 0.398. The number of rotatable bonds is 4. The molecule has 2 aromatic rings. The van der Waals surface area contributed by atoms with Crippen molar-refractivity contribution in [3.05, 3.63) is 18.0 Å². The van der Waals surface area contributed by atoms with Crippen LogP contribution in [0.15, 0.2) is 12.1 Å². The maximum absolute atomic E-state index is 5.29. The van der Waals surface area contributed by atoms with Gasteiger partial charge in [0, 0.05) is 18.1 Å². The van der Waals surface area contributed by atoms with E-state index in [1.807, 2.05) is 12.1 Å². The molecule has 4 nitrogen and oxygen atoms in total. The molecule has 0 aliphatic rings. The fraction of sp³-hybridized carbons (Fsp3) is 0.500. The lowest BCUT2D eigenvalue weighted by atomic mass is 9.98. The van der Waals surface area contributed by atoms with Crippen LogP contribution in [0, 0.1) is 5.92 Å². The van der Waals surface area contributed by atoms with Crippen LogP contribution < -0.4 is 9.47 Å². The summed E-state index contributed by atoms with van der Waals surface area (Å²) < 4.78 is 10.6. The van der Waals surface area contributed by atoms with E-state index in [4.69, 9.17) is 9.47 Å². The third kappa shape index (κ3) is 2.15. The van der Waals surface area contributed by atoms with Crippen molar-refractivity contribution in [2.24, 2.45) is 5.92 Å². The fourth-order valence-electron chi connectivity index (χ4n) is 1.89. The predicted octanol–water partition coefficient (Wildman–Crippen LogP) is 3.34. The maximum atomic E-state index is 5.29. The van der Waals surface area contributed by atoms with Crippen molar-refractivity contribution in [3.63, 3.8) is 0 Å². The minimum Gasteiger partial charge on any atom is -0.493 e. The highest BCUT2D eigenvalue weighted by Gasteiger charge is 2.16. The third-order valence-corrected chi connectivity index (χ3v) is 3.44. The Morgan fingerprint density at radius 2 is 1.67 bits per heavy atom. The number of ether oxygens (including phenoxy) is 2. The predicted molar refractivity (Wildman–Crippen MR) is 72.5 cm³/mol. The zero-order chi connectivity index (χ0) is 13.3. The van der Waals surface area contributed by atoms with Gasteiger partial charge in [-0.1, -0.05) is 20.8 Å². The van der Waals surface area contributed by atoms with Gasteiger partial charge in [-0.3, -0.25) is 0 Å². The molecule has 0 amide bonds. The summed E-state index contributed by atoms with van der Waals surface area (Å²) >= 11 is 0. The van der Waals surface area contributed by atoms with E-state index in [-0.39, 0.29) is 0 Å². The Morgan fingerprint density at radius 1 is 1.06 bits per heavy atom. The molecule has 98 valence electrons. The zero-order valence-electron chi connectivity index (χ0n) is 11.6. The zero-order valence-corrected chi connectivity index (χ0v) is 11.6. The van der Waals surface area contributed by atoms with Gasteiger partial charge in [-0.2, -0.15) is 0 Å². The highest BCUT2D eigenvalue weighted by molar-refractivity contribution is 5.79. The van der Waals surface area contributed by atoms with Crippen LogP contribution in [0.3, 0.4) is 0 Å². The van der Waals surface area contributed by atoms with Crippen molar-refractivity contribution < 1.29 is 9.47 Å². The van der Waals surface area contributed by atoms with Crippen molar-refractivity contribution in [2.45, 2.75) is 26.7 Å². The first-order valence-electron chi connectivity index (χ1n) is 6.18. The molecule has 0 saturated carbocycles. The van der Waals surface area contributed by atoms with Crippen LogP contribution in [-0.4, -0.2) is 24.2 Å². The summed E-state index contributed by atoms with van der Waals surface area (Å²) in [7, 11) is 3.27. The van der Waals surface area contributed by atoms with E-state index in [9.17, 15) is 0 Å². The van der Waals surface area contributed by atoms with Crippen LogP contribution in [0.5, 0.6) is 11.5 Å². The molecule has 0 saturated heterocycles. The topological polar surface area (TPSA) is 47.1 Å². The first kappa shape index (κ1) is 12.7. The molecule has 0 spiro atoms. The largest absolute Gasteiger partial charge is 0.493 e. The molecule has 18 heavy (non-hydrogen) atoms. The van der Waals surface area contributed by atoms with Gasteiger partial charge in [0.25, 0.3) is 0 Å². The molecule has 0 fully saturated rings. The van der Waals surface area contributed by atoms with Crippen molar-refractivity contribution >= 4 is 11.0 Å². The normalized spacial score (nSPS) is 13.0. The van der Waals surface area contributed by atoms with E-state index in [0.717, 1.165) is 22.6 Å². The van der Waals surface area contributed by atoms with E-state index in [0.29, 0.717) is 17.6 Å². The molecule has 0 radical (unpaired) electrons. The quantitative estimate of drug-likeness (QED) is 0.902. The van der Waals surface area contributed by atoms with Crippen LogP contribution in [0.4, 0.5) is 0 Å². The van der Waals surface area contributed by atoms with Crippen molar-refractivity contribution in [3.8, 4) is 11.5 Å². The Labute approximate surface area is 107 Å². The second-order valence-electron chi connectivity index (χ2n) is 4.88. The number of benzene rings is 1. The Morgan fingerprint density at radius 3 is 2.22 bits per heavy atom. The highest BCUT2D eigenvalue weighted by Crippen LogP contribution is 2.32. The molecule has 1 N–H and O–H groups in total. The first-order chi connectivity index (χ1) is 8.56. The van der Waals surface area contributed by atoms with Crippen LogP contribution in [0.25, 0.3) is 11.0 Å². The molecular formula is C14H20N2O2. The number of methoxy groups -OCH3 is 2. The van der Waals surface area contributed by atoms with Crippen molar-refractivity contribution in [2.75, 3.05) is 14.2 Å². The maximum Gasteiger partial charge on any atom is 0.163 e. The SMILES string of the molecule is COc1cc2nc(C(C)C(C)C)[nH]c2cc1OC. The number of nitrogens with one attached hydrogen (secondary N) is 1. The highest BCUT2D eigenvalue weighted by atomic mass is 16.5. The molecule has 1 unspecified atom stereocenters. The number of fused-ring (bicyclic) bond motifs is 1. The van der Waals surface area contributed by atoms with Gasteiger partial charge in [0.1, 0.15) is 5.82 Å². The van der Waals surface area contributed by atoms with Gasteiger partial charge >= 0.3 is 0 Å². The summed E-state index contributed by atoms with van der Waals surface area (Å²) in [6.45, 7) is 6.56. The molecule has 0 bridgehead atoms. The smallest absolute Gasteiger partial charge is 0.163 e. The van der Waals surface area contributed by atoms with Crippen LogP contribution in [0.1, 0.15) is 32.5 Å². The number of nitrogens with zero attached hydrogens (tertiary/aromatic N) is 1. The van der Waals surface area contributed by atoms with Crippen molar-refractivity contribution in [1.29, 1.82) is 0 Å². The molecule has 1 aromatic heterocycles. The second-order valence-corrected chi connectivity index (χ2v) is 4.88. The molecule has 0 aliphatic heterocycles. The standard InChI is InChI=1S/C14H20N2O2/c1-8(2)9(3)14-15-10-6-12(17-4)13(18-5)7-11(10)16-14/h6-9H,1-5H3,(H,15,16). The Kier molecular flexibility index (Phi) is 3.45. The number of H-pyrrole nitrogens is 1. The molecule has 4 heteroatoms. The summed E-state index contributed by atoms with van der Waals surface area (Å²) in [5.41, 5.74) is 1.89. The van der Waals surface area contributed by atoms with Gasteiger partial charge in [-0.05, 0) is 5.92 Å². The van der Waals surface area contributed by atoms with Gasteiger partial charge in [0.15, 0.2) is 11.5 Å². The van der Waals surface area contributed by atoms with Crippen LogP contribution in [0.2, 0.25) is 0 Å². The minimum absolute atomic E-state index is 0.398. The molecule has 0 aliphatic carbocycles. The van der Waals surface area contributed by atoms with Gasteiger partial charge in [0.05, 0.1) is 25.3 Å². The number of hydrogen-bond acceptors (Lipinski definition) is 3. The number of hydrogen-bond donors (Lipinski definition) is 1. The van der Waals surface area contributed by atoms with E-state index in [1.54, 1.807) is 14.2 Å². The van der Waals surface area contributed by atoms with Gasteiger partial charge in [-0.15, -0.1) is 0 Å². The van der Waals surface area contributed by atoms with Crippen LogP contribution >= 0.6 is 0 Å². The van der Waals surface area contributed by atoms with E-state index < -0.39 is 0 Å². The molecular weight excluding hydrogens is 228 g/mol. The lowest BCUT2D eigenvalue weighted by Gasteiger charge is -2.11. The Hall–Kier alpha value is -1.71. The number of imidazole rings is 1. The molecule has 1 heterocycles. The lowest BCUT2D eigenvalue weighted by molar-refractivity contribution is 0.356. The van der Waals surface area contributed by atoms with E-state index in [1.165, 1.54) is 0 Å². The van der Waals surface area contributed by atoms with Crippen molar-refractivity contribution in [1.82, 2.24) is 9.97 Å². The summed E-state index contributed by atoms with van der Waals surface area (Å²) in [5, 5.41) is 0. The van der Waals surface area contributed by atoms with Gasteiger partial charge < -0.3 is 14.5 Å². The third-order valence-electron chi connectivity index (χ3n) is 3.44. The molecule has 2 rings (SSSR count). The molecule has 1 aromatic carbocycles. The van der Waals surface area contributed by atoms with E-state index >= 15 is 0 Å². The van der Waals surface area contributed by atoms with E-state index in [2.05, 4.69) is 30.7 Å². The second kappa shape index (κ2) is 4.88. The van der Waals surface area contributed by atoms with Crippen LogP contribution in [-0.2, 0) is 0 Å².